The van der Waals surface area contributed by atoms with Crippen molar-refractivity contribution in [3.8, 4) is 0 Å². The van der Waals surface area contributed by atoms with E-state index in [-0.39, 0.29) is 11.3 Å². The molecule has 3 heteroatoms. The van der Waals surface area contributed by atoms with Gasteiger partial charge < -0.3 is 4.90 Å². The summed E-state index contributed by atoms with van der Waals surface area (Å²) in [7, 11) is 0. The van der Waals surface area contributed by atoms with Crippen molar-refractivity contribution in [1.82, 2.24) is 0 Å². The van der Waals surface area contributed by atoms with Gasteiger partial charge in [0.2, 0.25) is 5.91 Å². The van der Waals surface area contributed by atoms with Gasteiger partial charge in [-0.15, -0.1) is 0 Å². The van der Waals surface area contributed by atoms with Crippen LogP contribution in [-0.2, 0) is 10.2 Å². The monoisotopic (exact) mass is 309 g/mol. The van der Waals surface area contributed by atoms with Crippen molar-refractivity contribution in [2.75, 3.05) is 11.4 Å². The SMILES string of the molecule is CCCN1C(=O)CC(C)(C)c2cc(C)c(Br)cc21. The van der Waals surface area contributed by atoms with E-state index in [0.29, 0.717) is 6.42 Å². The molecule has 0 spiro atoms. The minimum atomic E-state index is -0.0673. The highest BCUT2D eigenvalue weighted by Gasteiger charge is 2.36. The van der Waals surface area contributed by atoms with Gasteiger partial charge in [0.15, 0.2) is 0 Å². The number of halogens is 1. The lowest BCUT2D eigenvalue weighted by Crippen LogP contribution is -2.42. The van der Waals surface area contributed by atoms with Gasteiger partial charge in [0.25, 0.3) is 0 Å². The smallest absolute Gasteiger partial charge is 0.227 e. The van der Waals surface area contributed by atoms with Crippen LogP contribution in [-0.4, -0.2) is 12.5 Å². The molecule has 0 bridgehead atoms. The maximum absolute atomic E-state index is 12.3. The number of carbonyl (C=O) groups excluding carboxylic acids is 1. The van der Waals surface area contributed by atoms with Crippen LogP contribution < -0.4 is 4.90 Å². The fourth-order valence-corrected chi connectivity index (χ4v) is 2.94. The van der Waals surface area contributed by atoms with Crippen LogP contribution in [0.2, 0.25) is 0 Å². The number of rotatable bonds is 2. The lowest BCUT2D eigenvalue weighted by molar-refractivity contribution is -0.120. The van der Waals surface area contributed by atoms with Gasteiger partial charge in [-0.25, -0.2) is 0 Å². The van der Waals surface area contributed by atoms with E-state index in [1.54, 1.807) is 0 Å². The molecule has 0 aromatic heterocycles. The van der Waals surface area contributed by atoms with E-state index >= 15 is 0 Å². The third-order valence-electron chi connectivity index (χ3n) is 3.64. The average molecular weight is 310 g/mol. The van der Waals surface area contributed by atoms with Gasteiger partial charge in [-0.3, -0.25) is 4.79 Å². The van der Waals surface area contributed by atoms with Crippen LogP contribution in [0.5, 0.6) is 0 Å². The molecule has 0 fully saturated rings. The van der Waals surface area contributed by atoms with Gasteiger partial charge >= 0.3 is 0 Å². The first-order valence-corrected chi connectivity index (χ1v) is 7.27. The summed E-state index contributed by atoms with van der Waals surface area (Å²) in [4.78, 5) is 14.2. The molecule has 1 aromatic rings. The fourth-order valence-electron chi connectivity index (χ4n) is 2.61. The molecular formula is C15H20BrNO. The van der Waals surface area contributed by atoms with Crippen LogP contribution in [0, 0.1) is 6.92 Å². The molecule has 0 aliphatic carbocycles. The molecule has 2 rings (SSSR count). The van der Waals surface area contributed by atoms with Crippen molar-refractivity contribution in [2.24, 2.45) is 0 Å². The molecule has 1 amide bonds. The molecule has 0 N–H and O–H groups in total. The molecule has 0 atom stereocenters. The molecular weight excluding hydrogens is 290 g/mol. The van der Waals surface area contributed by atoms with E-state index in [1.165, 1.54) is 11.1 Å². The Morgan fingerprint density at radius 1 is 1.39 bits per heavy atom. The highest BCUT2D eigenvalue weighted by atomic mass is 79.9. The number of hydrogen-bond acceptors (Lipinski definition) is 1. The highest BCUT2D eigenvalue weighted by Crippen LogP contribution is 2.42. The van der Waals surface area contributed by atoms with E-state index in [9.17, 15) is 4.79 Å². The Kier molecular flexibility index (Phi) is 3.54. The summed E-state index contributed by atoms with van der Waals surface area (Å²) in [5.41, 5.74) is 3.53. The molecule has 0 unspecified atom stereocenters. The summed E-state index contributed by atoms with van der Waals surface area (Å²) in [6.07, 6.45) is 1.58. The summed E-state index contributed by atoms with van der Waals surface area (Å²) < 4.78 is 1.08. The number of aryl methyl sites for hydroxylation is 1. The van der Waals surface area contributed by atoms with E-state index in [0.717, 1.165) is 23.1 Å². The molecule has 1 aromatic carbocycles. The minimum Gasteiger partial charge on any atom is -0.312 e. The lowest BCUT2D eigenvalue weighted by atomic mass is 9.76. The zero-order valence-electron chi connectivity index (χ0n) is 11.5. The second kappa shape index (κ2) is 4.69. The van der Waals surface area contributed by atoms with E-state index in [2.05, 4.69) is 55.8 Å². The number of benzene rings is 1. The Hall–Kier alpha value is -0.830. The molecule has 1 aliphatic rings. The van der Waals surface area contributed by atoms with Gasteiger partial charge in [-0.2, -0.15) is 0 Å². The number of hydrogen-bond donors (Lipinski definition) is 0. The Bertz CT molecular complexity index is 494. The van der Waals surface area contributed by atoms with Gasteiger partial charge in [-0.05, 0) is 30.5 Å². The van der Waals surface area contributed by atoms with Gasteiger partial charge in [0, 0.05) is 28.5 Å². The largest absolute Gasteiger partial charge is 0.312 e. The van der Waals surface area contributed by atoms with Crippen molar-refractivity contribution < 1.29 is 4.79 Å². The van der Waals surface area contributed by atoms with Crippen molar-refractivity contribution in [3.63, 3.8) is 0 Å². The molecule has 0 radical (unpaired) electrons. The van der Waals surface area contributed by atoms with Gasteiger partial charge in [0.05, 0.1) is 0 Å². The summed E-state index contributed by atoms with van der Waals surface area (Å²) in [6, 6.07) is 4.31. The number of carbonyl (C=O) groups is 1. The van der Waals surface area contributed by atoms with Crippen LogP contribution in [0.4, 0.5) is 5.69 Å². The summed E-state index contributed by atoms with van der Waals surface area (Å²) in [5.74, 6) is 0.241. The first-order valence-electron chi connectivity index (χ1n) is 6.48. The van der Waals surface area contributed by atoms with Crippen LogP contribution >= 0.6 is 15.9 Å². The molecule has 0 saturated heterocycles. The topological polar surface area (TPSA) is 20.3 Å². The predicted octanol–water partition coefficient (Wildman–Crippen LogP) is 4.18. The van der Waals surface area contributed by atoms with Crippen LogP contribution in [0.1, 0.15) is 44.7 Å². The highest BCUT2D eigenvalue weighted by molar-refractivity contribution is 9.10. The second-order valence-corrected chi connectivity index (χ2v) is 6.58. The Morgan fingerprint density at radius 2 is 2.06 bits per heavy atom. The second-order valence-electron chi connectivity index (χ2n) is 5.72. The molecule has 1 heterocycles. The number of anilines is 1. The Labute approximate surface area is 117 Å². The lowest BCUT2D eigenvalue weighted by Gasteiger charge is -2.39. The third-order valence-corrected chi connectivity index (χ3v) is 4.49. The summed E-state index contributed by atoms with van der Waals surface area (Å²) in [5, 5.41) is 0. The quantitative estimate of drug-likeness (QED) is 0.802. The maximum atomic E-state index is 12.3. The summed E-state index contributed by atoms with van der Waals surface area (Å²) >= 11 is 3.57. The Balaban J connectivity index is 2.61. The number of amides is 1. The molecule has 18 heavy (non-hydrogen) atoms. The number of nitrogens with zero attached hydrogens (tertiary/aromatic N) is 1. The first kappa shape index (κ1) is 13.6. The maximum Gasteiger partial charge on any atom is 0.227 e. The van der Waals surface area contributed by atoms with Gasteiger partial charge in [0.1, 0.15) is 0 Å². The molecule has 1 aliphatic heterocycles. The van der Waals surface area contributed by atoms with Crippen LogP contribution in [0.15, 0.2) is 16.6 Å². The molecule has 98 valence electrons. The summed E-state index contributed by atoms with van der Waals surface area (Å²) in [6.45, 7) is 9.31. The third kappa shape index (κ3) is 2.20. The Morgan fingerprint density at radius 3 is 2.67 bits per heavy atom. The normalized spacial score (nSPS) is 17.8. The first-order chi connectivity index (χ1) is 8.36. The van der Waals surface area contributed by atoms with Crippen molar-refractivity contribution >= 4 is 27.5 Å². The molecule has 0 saturated carbocycles. The zero-order chi connectivity index (χ0) is 13.5. The predicted molar refractivity (Wildman–Crippen MR) is 79.2 cm³/mol. The minimum absolute atomic E-state index is 0.0673. The van der Waals surface area contributed by atoms with Crippen molar-refractivity contribution in [3.05, 3.63) is 27.7 Å². The fraction of sp³-hybridized carbons (Fsp3) is 0.533. The zero-order valence-corrected chi connectivity index (χ0v) is 13.1. The standard InChI is InChI=1S/C15H20BrNO/c1-5-6-17-13-8-12(16)10(2)7-11(13)15(3,4)9-14(17)18/h7-8H,5-6,9H2,1-4H3. The van der Waals surface area contributed by atoms with Crippen molar-refractivity contribution in [2.45, 2.75) is 46.0 Å². The van der Waals surface area contributed by atoms with Crippen LogP contribution in [0.25, 0.3) is 0 Å². The molecule has 2 nitrogen and oxygen atoms in total. The van der Waals surface area contributed by atoms with E-state index in [1.807, 2.05) is 4.90 Å². The van der Waals surface area contributed by atoms with E-state index in [4.69, 9.17) is 0 Å². The van der Waals surface area contributed by atoms with Gasteiger partial charge in [-0.1, -0.05) is 42.8 Å². The van der Waals surface area contributed by atoms with Crippen LogP contribution in [0.3, 0.4) is 0 Å². The van der Waals surface area contributed by atoms with Crippen molar-refractivity contribution in [1.29, 1.82) is 0 Å². The number of fused-ring (bicyclic) bond motifs is 1. The van der Waals surface area contributed by atoms with E-state index < -0.39 is 0 Å². The average Bonchev–Trinajstić information content (AvgIpc) is 2.26.